The van der Waals surface area contributed by atoms with Gasteiger partial charge >= 0.3 is 6.09 Å². The van der Waals surface area contributed by atoms with Gasteiger partial charge in [-0.2, -0.15) is 0 Å². The smallest absolute Gasteiger partial charge is 0.409 e. The Kier molecular flexibility index (Phi) is 3.46. The summed E-state index contributed by atoms with van der Waals surface area (Å²) in [6, 6.07) is 0. The molecule has 0 saturated carbocycles. The van der Waals surface area contributed by atoms with E-state index in [0.29, 0.717) is 13.2 Å². The molecule has 0 spiro atoms. The summed E-state index contributed by atoms with van der Waals surface area (Å²) in [5.41, 5.74) is 0. The lowest BCUT2D eigenvalue weighted by atomic mass is 10.3. The molecule has 0 bridgehead atoms. The van der Waals surface area contributed by atoms with E-state index in [1.165, 1.54) is 0 Å². The minimum atomic E-state index is -0.195. The van der Waals surface area contributed by atoms with Crippen molar-refractivity contribution < 1.29 is 9.53 Å². The van der Waals surface area contributed by atoms with Crippen LogP contribution in [-0.2, 0) is 4.74 Å². The standard InChI is InChI=1S/C9H13NO2/c1-2-3-4-6-10-7-5-8-12-9(10)11/h4-8H2,1H3. The first-order chi connectivity index (χ1) is 5.84. The minimum Gasteiger partial charge on any atom is -0.449 e. The summed E-state index contributed by atoms with van der Waals surface area (Å²) < 4.78 is 4.86. The second-order valence-corrected chi connectivity index (χ2v) is 2.63. The summed E-state index contributed by atoms with van der Waals surface area (Å²) in [4.78, 5) is 12.7. The third-order valence-corrected chi connectivity index (χ3v) is 1.74. The SMILES string of the molecule is CC#CCCN1CCCOC1=O. The maximum absolute atomic E-state index is 11.0. The summed E-state index contributed by atoms with van der Waals surface area (Å²) in [6.07, 6.45) is 1.48. The molecule has 3 heteroatoms. The Labute approximate surface area is 72.7 Å². The second-order valence-electron chi connectivity index (χ2n) is 2.63. The fourth-order valence-electron chi connectivity index (χ4n) is 1.12. The molecule has 0 aromatic carbocycles. The lowest BCUT2D eigenvalue weighted by molar-refractivity contribution is 0.0739. The molecule has 1 aliphatic heterocycles. The van der Waals surface area contributed by atoms with Crippen LogP contribution in [-0.4, -0.2) is 30.7 Å². The van der Waals surface area contributed by atoms with Crippen LogP contribution in [0.25, 0.3) is 0 Å². The molecule has 12 heavy (non-hydrogen) atoms. The fourth-order valence-corrected chi connectivity index (χ4v) is 1.12. The summed E-state index contributed by atoms with van der Waals surface area (Å²) in [5.74, 6) is 5.71. The fraction of sp³-hybridized carbons (Fsp3) is 0.667. The summed E-state index contributed by atoms with van der Waals surface area (Å²) in [6.45, 7) is 3.87. The van der Waals surface area contributed by atoms with Crippen LogP contribution in [0.4, 0.5) is 4.79 Å². The molecule has 66 valence electrons. The monoisotopic (exact) mass is 167 g/mol. The lowest BCUT2D eigenvalue weighted by Crippen LogP contribution is -2.38. The average molecular weight is 167 g/mol. The third kappa shape index (κ3) is 2.46. The van der Waals surface area contributed by atoms with E-state index in [9.17, 15) is 4.79 Å². The van der Waals surface area contributed by atoms with Crippen molar-refractivity contribution in [2.24, 2.45) is 0 Å². The molecule has 1 amide bonds. The van der Waals surface area contributed by atoms with Crippen molar-refractivity contribution in [1.82, 2.24) is 4.90 Å². The normalized spacial score (nSPS) is 16.4. The number of cyclic esters (lactones) is 1. The molecule has 1 saturated heterocycles. The predicted molar refractivity (Wildman–Crippen MR) is 45.6 cm³/mol. The van der Waals surface area contributed by atoms with Crippen LogP contribution >= 0.6 is 0 Å². The van der Waals surface area contributed by atoms with E-state index < -0.39 is 0 Å². The van der Waals surface area contributed by atoms with Crippen molar-refractivity contribution in [1.29, 1.82) is 0 Å². The quantitative estimate of drug-likeness (QED) is 0.579. The average Bonchev–Trinajstić information content (AvgIpc) is 2.09. The van der Waals surface area contributed by atoms with Gasteiger partial charge in [0.1, 0.15) is 0 Å². The molecule has 0 aliphatic carbocycles. The minimum absolute atomic E-state index is 0.195. The van der Waals surface area contributed by atoms with Crippen LogP contribution in [0.3, 0.4) is 0 Å². The Morgan fingerprint density at radius 2 is 2.50 bits per heavy atom. The van der Waals surface area contributed by atoms with Gasteiger partial charge in [-0.3, -0.25) is 0 Å². The van der Waals surface area contributed by atoms with Gasteiger partial charge in [0.2, 0.25) is 0 Å². The van der Waals surface area contributed by atoms with Crippen molar-refractivity contribution >= 4 is 6.09 Å². The van der Waals surface area contributed by atoms with Gasteiger partial charge in [0.05, 0.1) is 6.61 Å². The molecule has 1 fully saturated rings. The number of amides is 1. The molecule has 0 aromatic rings. The van der Waals surface area contributed by atoms with Crippen molar-refractivity contribution in [2.45, 2.75) is 19.8 Å². The number of rotatable bonds is 2. The number of ether oxygens (including phenoxy) is 1. The summed E-state index contributed by atoms with van der Waals surface area (Å²) in [5, 5.41) is 0. The Morgan fingerprint density at radius 3 is 3.17 bits per heavy atom. The van der Waals surface area contributed by atoms with E-state index in [-0.39, 0.29) is 6.09 Å². The van der Waals surface area contributed by atoms with Crippen molar-refractivity contribution in [3.63, 3.8) is 0 Å². The first kappa shape index (κ1) is 8.92. The maximum Gasteiger partial charge on any atom is 0.409 e. The molecule has 0 N–H and O–H groups in total. The Balaban J connectivity index is 2.27. The number of nitrogens with zero attached hydrogens (tertiary/aromatic N) is 1. The van der Waals surface area contributed by atoms with Gasteiger partial charge in [0.15, 0.2) is 0 Å². The molecular formula is C9H13NO2. The lowest BCUT2D eigenvalue weighted by Gasteiger charge is -2.25. The first-order valence-electron chi connectivity index (χ1n) is 4.16. The van der Waals surface area contributed by atoms with E-state index in [4.69, 9.17) is 4.74 Å². The summed E-state index contributed by atoms with van der Waals surface area (Å²) >= 11 is 0. The van der Waals surface area contributed by atoms with Gasteiger partial charge in [-0.05, 0) is 13.3 Å². The van der Waals surface area contributed by atoms with Crippen LogP contribution < -0.4 is 0 Å². The van der Waals surface area contributed by atoms with Crippen LogP contribution in [0.2, 0.25) is 0 Å². The zero-order valence-electron chi connectivity index (χ0n) is 7.30. The third-order valence-electron chi connectivity index (χ3n) is 1.74. The maximum atomic E-state index is 11.0. The van der Waals surface area contributed by atoms with E-state index >= 15 is 0 Å². The molecule has 1 aliphatic rings. The molecule has 0 aromatic heterocycles. The predicted octanol–water partition coefficient (Wildman–Crippen LogP) is 1.24. The topological polar surface area (TPSA) is 29.5 Å². The van der Waals surface area contributed by atoms with Gasteiger partial charge in [-0.25, -0.2) is 4.79 Å². The first-order valence-corrected chi connectivity index (χ1v) is 4.16. The Hall–Kier alpha value is -1.17. The molecule has 0 atom stereocenters. The molecule has 0 radical (unpaired) electrons. The molecule has 1 heterocycles. The molecular weight excluding hydrogens is 154 g/mol. The number of carbonyl (C=O) groups is 1. The highest BCUT2D eigenvalue weighted by atomic mass is 16.6. The number of hydrogen-bond acceptors (Lipinski definition) is 2. The highest BCUT2D eigenvalue weighted by Gasteiger charge is 2.17. The van der Waals surface area contributed by atoms with Crippen LogP contribution in [0.1, 0.15) is 19.8 Å². The highest BCUT2D eigenvalue weighted by Crippen LogP contribution is 2.04. The zero-order valence-corrected chi connectivity index (χ0v) is 7.30. The van der Waals surface area contributed by atoms with Crippen LogP contribution in [0.5, 0.6) is 0 Å². The molecule has 1 rings (SSSR count). The largest absolute Gasteiger partial charge is 0.449 e. The number of carbonyl (C=O) groups excluding carboxylic acids is 1. The van der Waals surface area contributed by atoms with Crippen LogP contribution in [0, 0.1) is 11.8 Å². The Bertz CT molecular complexity index is 214. The van der Waals surface area contributed by atoms with E-state index in [0.717, 1.165) is 19.4 Å². The van der Waals surface area contributed by atoms with Crippen molar-refractivity contribution in [2.75, 3.05) is 19.7 Å². The van der Waals surface area contributed by atoms with Gasteiger partial charge in [0.25, 0.3) is 0 Å². The van der Waals surface area contributed by atoms with Gasteiger partial charge < -0.3 is 9.64 Å². The van der Waals surface area contributed by atoms with E-state index in [2.05, 4.69) is 11.8 Å². The summed E-state index contributed by atoms with van der Waals surface area (Å²) in [7, 11) is 0. The van der Waals surface area contributed by atoms with Crippen molar-refractivity contribution in [3.8, 4) is 11.8 Å². The van der Waals surface area contributed by atoms with E-state index in [1.807, 2.05) is 0 Å². The van der Waals surface area contributed by atoms with Gasteiger partial charge in [-0.15, -0.1) is 11.8 Å². The molecule has 3 nitrogen and oxygen atoms in total. The van der Waals surface area contributed by atoms with Crippen molar-refractivity contribution in [3.05, 3.63) is 0 Å². The van der Waals surface area contributed by atoms with Gasteiger partial charge in [0, 0.05) is 19.5 Å². The molecule has 0 unspecified atom stereocenters. The van der Waals surface area contributed by atoms with E-state index in [1.54, 1.807) is 11.8 Å². The Morgan fingerprint density at radius 1 is 1.67 bits per heavy atom. The highest BCUT2D eigenvalue weighted by molar-refractivity contribution is 5.68. The van der Waals surface area contributed by atoms with Crippen LogP contribution in [0.15, 0.2) is 0 Å². The number of hydrogen-bond donors (Lipinski definition) is 0. The second kappa shape index (κ2) is 4.66. The van der Waals surface area contributed by atoms with Gasteiger partial charge in [-0.1, -0.05) is 0 Å². The zero-order chi connectivity index (χ0) is 8.81.